The van der Waals surface area contributed by atoms with Crippen LogP contribution in [0.1, 0.15) is 34.0 Å². The van der Waals surface area contributed by atoms with Crippen LogP contribution in [0.2, 0.25) is 0 Å². The highest BCUT2D eigenvalue weighted by Gasteiger charge is 2.22. The number of rotatable bonds is 5. The van der Waals surface area contributed by atoms with E-state index in [0.717, 1.165) is 11.3 Å². The number of aromatic nitrogens is 4. The SMILES string of the molecule is Cc1nn(C)c(=O)c(-c2nc(CS(=O)(=O)Cc3c(C)noc3C)cs2)c1C. The Morgan fingerprint density at radius 3 is 2.48 bits per heavy atom. The Balaban J connectivity index is 1.90. The summed E-state index contributed by atoms with van der Waals surface area (Å²) in [4.78, 5) is 16.9. The molecule has 0 atom stereocenters. The van der Waals surface area contributed by atoms with Crippen molar-refractivity contribution in [2.75, 3.05) is 0 Å². The van der Waals surface area contributed by atoms with Crippen LogP contribution in [0.3, 0.4) is 0 Å². The van der Waals surface area contributed by atoms with Crippen molar-refractivity contribution in [2.24, 2.45) is 7.05 Å². The Morgan fingerprint density at radius 1 is 1.15 bits per heavy atom. The molecule has 0 unspecified atom stereocenters. The van der Waals surface area contributed by atoms with Crippen LogP contribution in [0, 0.1) is 27.7 Å². The van der Waals surface area contributed by atoms with E-state index in [1.54, 1.807) is 26.3 Å². The van der Waals surface area contributed by atoms with Crippen molar-refractivity contribution in [2.45, 2.75) is 39.2 Å². The molecular weight excluding hydrogens is 388 g/mol. The summed E-state index contributed by atoms with van der Waals surface area (Å²) in [6, 6.07) is 0. The van der Waals surface area contributed by atoms with Gasteiger partial charge in [0.2, 0.25) is 0 Å². The van der Waals surface area contributed by atoms with Crippen molar-refractivity contribution in [3.05, 3.63) is 49.7 Å². The summed E-state index contributed by atoms with van der Waals surface area (Å²) in [5.41, 5.74) is 3.26. The zero-order chi connectivity index (χ0) is 19.9. The molecule has 0 aromatic carbocycles. The van der Waals surface area contributed by atoms with Crippen LogP contribution in [-0.4, -0.2) is 28.3 Å². The molecule has 0 saturated carbocycles. The van der Waals surface area contributed by atoms with Gasteiger partial charge in [0.1, 0.15) is 10.8 Å². The first-order valence-electron chi connectivity index (χ1n) is 8.20. The fourth-order valence-corrected chi connectivity index (χ4v) is 5.36. The van der Waals surface area contributed by atoms with Gasteiger partial charge in [0.25, 0.3) is 5.56 Å². The van der Waals surface area contributed by atoms with Gasteiger partial charge >= 0.3 is 0 Å². The third-order valence-electron chi connectivity index (χ3n) is 4.40. The van der Waals surface area contributed by atoms with Crippen molar-refractivity contribution in [3.63, 3.8) is 0 Å². The average Bonchev–Trinajstić information content (AvgIpc) is 3.14. The van der Waals surface area contributed by atoms with E-state index in [4.69, 9.17) is 4.52 Å². The predicted molar refractivity (Wildman–Crippen MR) is 102 cm³/mol. The molecule has 0 aliphatic carbocycles. The summed E-state index contributed by atoms with van der Waals surface area (Å²) in [5.74, 6) is 0.133. The van der Waals surface area contributed by atoms with E-state index >= 15 is 0 Å². The molecule has 0 radical (unpaired) electrons. The average molecular weight is 409 g/mol. The van der Waals surface area contributed by atoms with Gasteiger partial charge in [-0.1, -0.05) is 5.16 Å². The lowest BCUT2D eigenvalue weighted by atomic mass is 10.1. The van der Waals surface area contributed by atoms with Gasteiger partial charge in [0.15, 0.2) is 9.84 Å². The van der Waals surface area contributed by atoms with Crippen LogP contribution in [0.5, 0.6) is 0 Å². The lowest BCUT2D eigenvalue weighted by Crippen LogP contribution is -2.23. The van der Waals surface area contributed by atoms with E-state index in [1.807, 2.05) is 13.8 Å². The maximum Gasteiger partial charge on any atom is 0.277 e. The summed E-state index contributed by atoms with van der Waals surface area (Å²) in [7, 11) is -1.88. The topological polar surface area (TPSA) is 108 Å². The fourth-order valence-electron chi connectivity index (χ4n) is 2.79. The number of thiazole rings is 1. The van der Waals surface area contributed by atoms with Gasteiger partial charge in [0, 0.05) is 18.0 Å². The lowest BCUT2D eigenvalue weighted by molar-refractivity contribution is 0.392. The third kappa shape index (κ3) is 3.86. The molecular formula is C17H20N4O4S2. The molecule has 144 valence electrons. The number of nitrogens with zero attached hydrogens (tertiary/aromatic N) is 4. The maximum atomic E-state index is 12.6. The van der Waals surface area contributed by atoms with Gasteiger partial charge in [0.05, 0.1) is 34.2 Å². The second kappa shape index (κ2) is 7.01. The van der Waals surface area contributed by atoms with Gasteiger partial charge in [-0.3, -0.25) is 4.79 Å². The molecule has 0 spiro atoms. The third-order valence-corrected chi connectivity index (χ3v) is 6.78. The first-order valence-corrected chi connectivity index (χ1v) is 10.9. The molecule has 0 aliphatic rings. The van der Waals surface area contributed by atoms with Gasteiger partial charge in [-0.25, -0.2) is 18.1 Å². The molecule has 3 aromatic rings. The molecule has 0 N–H and O–H groups in total. The highest BCUT2D eigenvalue weighted by Crippen LogP contribution is 2.26. The van der Waals surface area contributed by atoms with Crippen molar-refractivity contribution < 1.29 is 12.9 Å². The smallest absolute Gasteiger partial charge is 0.277 e. The highest BCUT2D eigenvalue weighted by atomic mass is 32.2. The molecule has 8 nitrogen and oxygen atoms in total. The first kappa shape index (κ1) is 19.4. The second-order valence-corrected chi connectivity index (χ2v) is 9.42. The van der Waals surface area contributed by atoms with Gasteiger partial charge < -0.3 is 4.52 Å². The van der Waals surface area contributed by atoms with Crippen LogP contribution in [-0.2, 0) is 28.4 Å². The maximum absolute atomic E-state index is 12.6. The minimum Gasteiger partial charge on any atom is -0.361 e. The zero-order valence-corrected chi connectivity index (χ0v) is 17.4. The van der Waals surface area contributed by atoms with E-state index in [1.165, 1.54) is 16.0 Å². The highest BCUT2D eigenvalue weighted by molar-refractivity contribution is 7.89. The van der Waals surface area contributed by atoms with Crippen LogP contribution >= 0.6 is 11.3 Å². The van der Waals surface area contributed by atoms with Crippen molar-refractivity contribution in [1.82, 2.24) is 19.9 Å². The zero-order valence-electron chi connectivity index (χ0n) is 15.7. The second-order valence-electron chi connectivity index (χ2n) is 6.49. The van der Waals surface area contributed by atoms with Crippen molar-refractivity contribution in [1.29, 1.82) is 0 Å². The van der Waals surface area contributed by atoms with Crippen LogP contribution in [0.25, 0.3) is 10.6 Å². The number of aryl methyl sites for hydroxylation is 4. The Morgan fingerprint density at radius 2 is 1.85 bits per heavy atom. The van der Waals surface area contributed by atoms with Gasteiger partial charge in [-0.2, -0.15) is 5.10 Å². The molecule has 27 heavy (non-hydrogen) atoms. The molecule has 0 bridgehead atoms. The molecule has 0 amide bonds. The van der Waals surface area contributed by atoms with E-state index < -0.39 is 9.84 Å². The normalized spacial score (nSPS) is 11.9. The number of sulfone groups is 1. The van der Waals surface area contributed by atoms with E-state index in [2.05, 4.69) is 15.2 Å². The van der Waals surface area contributed by atoms with Crippen LogP contribution in [0.15, 0.2) is 14.7 Å². The Hall–Kier alpha value is -2.33. The van der Waals surface area contributed by atoms with E-state index in [0.29, 0.717) is 33.3 Å². The fraction of sp³-hybridized carbons (Fsp3) is 0.412. The largest absolute Gasteiger partial charge is 0.361 e. The lowest BCUT2D eigenvalue weighted by Gasteiger charge is -2.07. The molecule has 3 aromatic heterocycles. The van der Waals surface area contributed by atoms with Gasteiger partial charge in [-0.15, -0.1) is 11.3 Å². The molecule has 0 saturated heterocycles. The van der Waals surface area contributed by atoms with Crippen molar-refractivity contribution >= 4 is 21.2 Å². The molecule has 0 aliphatic heterocycles. The predicted octanol–water partition coefficient (Wildman–Crippen LogP) is 2.24. The Labute approximate surface area is 160 Å². The van der Waals surface area contributed by atoms with Crippen LogP contribution < -0.4 is 5.56 Å². The first-order chi connectivity index (χ1) is 12.6. The molecule has 10 heteroatoms. The quantitative estimate of drug-likeness (QED) is 0.637. The number of hydrogen-bond donors (Lipinski definition) is 0. The monoisotopic (exact) mass is 408 g/mol. The molecule has 3 rings (SSSR count). The summed E-state index contributed by atoms with van der Waals surface area (Å²) in [6.45, 7) is 7.04. The van der Waals surface area contributed by atoms with Crippen LogP contribution in [0.4, 0.5) is 0 Å². The van der Waals surface area contributed by atoms with Gasteiger partial charge in [-0.05, 0) is 33.3 Å². The summed E-state index contributed by atoms with van der Waals surface area (Å²) in [6.07, 6.45) is 0. The minimum absolute atomic E-state index is 0.157. The molecule has 3 heterocycles. The van der Waals surface area contributed by atoms with Crippen molar-refractivity contribution in [3.8, 4) is 10.6 Å². The minimum atomic E-state index is -3.46. The summed E-state index contributed by atoms with van der Waals surface area (Å²) < 4.78 is 31.5. The summed E-state index contributed by atoms with van der Waals surface area (Å²) >= 11 is 1.26. The standard InChI is InChI=1S/C17H20N4O4S2/c1-9-10(2)19-21(5)17(22)15(9)16-18-13(6-26-16)7-27(23,24)8-14-11(3)20-25-12(14)4/h6H,7-8H2,1-5H3. The summed E-state index contributed by atoms with van der Waals surface area (Å²) in [5, 5.41) is 10.1. The van der Waals surface area contributed by atoms with E-state index in [9.17, 15) is 13.2 Å². The number of hydrogen-bond acceptors (Lipinski definition) is 8. The molecule has 0 fully saturated rings. The Bertz CT molecular complexity index is 1150. The Kier molecular flexibility index (Phi) is 5.04. The van der Waals surface area contributed by atoms with E-state index in [-0.39, 0.29) is 17.1 Å².